The molecule has 108 valence electrons. The molecule has 0 aromatic heterocycles. The van der Waals surface area contributed by atoms with Crippen molar-refractivity contribution in [3.63, 3.8) is 0 Å². The average Bonchev–Trinajstić information content (AvgIpc) is 3.15. The quantitative estimate of drug-likeness (QED) is 0.839. The lowest BCUT2D eigenvalue weighted by atomic mass is 9.93. The number of nitrogens with zero attached hydrogens (tertiary/aromatic N) is 1. The van der Waals surface area contributed by atoms with Crippen LogP contribution in [0.2, 0.25) is 0 Å². The van der Waals surface area contributed by atoms with Gasteiger partial charge in [-0.15, -0.1) is 0 Å². The minimum atomic E-state index is -0.905. The number of benzene rings is 1. The summed E-state index contributed by atoms with van der Waals surface area (Å²) in [5.74, 6) is 0. The molecule has 1 aromatic rings. The van der Waals surface area contributed by atoms with Crippen LogP contribution < -0.4 is 0 Å². The molecule has 0 radical (unpaired) electrons. The average molecular weight is 275 g/mol. The van der Waals surface area contributed by atoms with Crippen LogP contribution in [0.4, 0.5) is 4.79 Å². The van der Waals surface area contributed by atoms with Gasteiger partial charge in [-0.2, -0.15) is 0 Å². The lowest BCUT2D eigenvalue weighted by Crippen LogP contribution is -2.32. The molecule has 1 saturated heterocycles. The zero-order chi connectivity index (χ0) is 14.9. The SMILES string of the molecule is C=C(C)c1c(C)ccc(CN(CC2CO2)C(=O)O)c1C. The molecule has 1 atom stereocenters. The van der Waals surface area contributed by atoms with Crippen LogP contribution in [-0.2, 0) is 11.3 Å². The summed E-state index contributed by atoms with van der Waals surface area (Å²) in [6.45, 7) is 11.6. The first-order valence-corrected chi connectivity index (χ1v) is 6.74. The fourth-order valence-electron chi connectivity index (χ4n) is 2.55. The number of carbonyl (C=O) groups is 1. The number of epoxide rings is 1. The van der Waals surface area contributed by atoms with Crippen molar-refractivity contribution in [1.82, 2.24) is 4.90 Å². The number of ether oxygens (including phenoxy) is 1. The molecule has 1 N–H and O–H groups in total. The molecule has 20 heavy (non-hydrogen) atoms. The molecule has 4 heteroatoms. The molecule has 1 aliphatic heterocycles. The van der Waals surface area contributed by atoms with Gasteiger partial charge in [-0.25, -0.2) is 4.79 Å². The summed E-state index contributed by atoms with van der Waals surface area (Å²) in [6, 6.07) is 4.03. The van der Waals surface area contributed by atoms with Crippen molar-refractivity contribution in [3.05, 3.63) is 41.0 Å². The van der Waals surface area contributed by atoms with E-state index in [1.54, 1.807) is 0 Å². The number of aryl methyl sites for hydroxylation is 1. The highest BCUT2D eigenvalue weighted by molar-refractivity contribution is 5.69. The zero-order valence-electron chi connectivity index (χ0n) is 12.3. The molecule has 1 fully saturated rings. The summed E-state index contributed by atoms with van der Waals surface area (Å²) < 4.78 is 5.12. The largest absolute Gasteiger partial charge is 0.465 e. The van der Waals surface area contributed by atoms with Crippen molar-refractivity contribution in [2.24, 2.45) is 0 Å². The monoisotopic (exact) mass is 275 g/mol. The fraction of sp³-hybridized carbons (Fsp3) is 0.438. The first-order chi connectivity index (χ1) is 9.40. The fourth-order valence-corrected chi connectivity index (χ4v) is 2.55. The van der Waals surface area contributed by atoms with Crippen LogP contribution in [0.25, 0.3) is 5.57 Å². The molecule has 0 bridgehead atoms. The number of hydrogen-bond donors (Lipinski definition) is 1. The van der Waals surface area contributed by atoms with Gasteiger partial charge in [0.1, 0.15) is 0 Å². The first-order valence-electron chi connectivity index (χ1n) is 6.74. The van der Waals surface area contributed by atoms with E-state index in [0.29, 0.717) is 19.7 Å². The summed E-state index contributed by atoms with van der Waals surface area (Å²) in [4.78, 5) is 12.7. The van der Waals surface area contributed by atoms with Gasteiger partial charge in [0.2, 0.25) is 0 Å². The normalized spacial score (nSPS) is 16.9. The van der Waals surface area contributed by atoms with Gasteiger partial charge in [-0.1, -0.05) is 24.3 Å². The minimum absolute atomic E-state index is 0.0671. The van der Waals surface area contributed by atoms with E-state index in [2.05, 4.69) is 6.58 Å². The molecule has 1 heterocycles. The third-order valence-electron chi connectivity index (χ3n) is 3.67. The Labute approximate surface area is 119 Å². The van der Waals surface area contributed by atoms with Crippen molar-refractivity contribution in [3.8, 4) is 0 Å². The lowest BCUT2D eigenvalue weighted by Gasteiger charge is -2.21. The molecule has 4 nitrogen and oxygen atoms in total. The number of hydrogen-bond acceptors (Lipinski definition) is 2. The van der Waals surface area contributed by atoms with Gasteiger partial charge in [0.25, 0.3) is 0 Å². The van der Waals surface area contributed by atoms with E-state index in [9.17, 15) is 9.90 Å². The Kier molecular flexibility index (Phi) is 4.14. The van der Waals surface area contributed by atoms with Crippen LogP contribution >= 0.6 is 0 Å². The van der Waals surface area contributed by atoms with E-state index >= 15 is 0 Å². The Hall–Kier alpha value is -1.81. The van der Waals surface area contributed by atoms with Crippen molar-refractivity contribution in [2.75, 3.05) is 13.2 Å². The molecule has 1 unspecified atom stereocenters. The topological polar surface area (TPSA) is 53.1 Å². The van der Waals surface area contributed by atoms with E-state index in [4.69, 9.17) is 4.74 Å². The summed E-state index contributed by atoms with van der Waals surface area (Å²) in [5.41, 5.74) is 5.45. The summed E-state index contributed by atoms with van der Waals surface area (Å²) >= 11 is 0. The number of rotatable bonds is 5. The number of carboxylic acid groups (broad SMARTS) is 1. The highest BCUT2D eigenvalue weighted by atomic mass is 16.6. The lowest BCUT2D eigenvalue weighted by molar-refractivity contribution is 0.137. The van der Waals surface area contributed by atoms with Crippen LogP contribution in [-0.4, -0.2) is 35.4 Å². The standard InChI is InChI=1S/C16H21NO3/c1-10(2)15-11(3)5-6-13(12(15)4)7-17(16(18)19)8-14-9-20-14/h5-6,14H,1,7-9H2,2-4H3,(H,18,19). The third kappa shape index (κ3) is 3.20. The molecule has 1 amide bonds. The van der Waals surface area contributed by atoms with Crippen molar-refractivity contribution >= 4 is 11.7 Å². The van der Waals surface area contributed by atoms with Crippen LogP contribution in [0.3, 0.4) is 0 Å². The van der Waals surface area contributed by atoms with E-state index in [1.165, 1.54) is 10.5 Å². The molecule has 0 aliphatic carbocycles. The maximum atomic E-state index is 11.3. The van der Waals surface area contributed by atoms with Gasteiger partial charge in [-0.3, -0.25) is 0 Å². The third-order valence-corrected chi connectivity index (χ3v) is 3.67. The molecule has 1 aromatic carbocycles. The predicted octanol–water partition coefficient (Wildman–Crippen LogP) is 3.22. The van der Waals surface area contributed by atoms with Crippen molar-refractivity contribution in [1.29, 1.82) is 0 Å². The van der Waals surface area contributed by atoms with Gasteiger partial charge < -0.3 is 14.7 Å². The second kappa shape index (κ2) is 5.67. The minimum Gasteiger partial charge on any atom is -0.465 e. The molecule has 0 spiro atoms. The molecular formula is C16H21NO3. The van der Waals surface area contributed by atoms with Crippen LogP contribution in [0, 0.1) is 13.8 Å². The Morgan fingerprint density at radius 1 is 1.50 bits per heavy atom. The second-order valence-electron chi connectivity index (χ2n) is 5.44. The molecular weight excluding hydrogens is 254 g/mol. The van der Waals surface area contributed by atoms with Crippen molar-refractivity contribution < 1.29 is 14.6 Å². The number of amides is 1. The summed E-state index contributed by atoms with van der Waals surface area (Å²) in [7, 11) is 0. The van der Waals surface area contributed by atoms with Gasteiger partial charge in [0, 0.05) is 6.54 Å². The second-order valence-corrected chi connectivity index (χ2v) is 5.44. The van der Waals surface area contributed by atoms with Gasteiger partial charge in [0.05, 0.1) is 19.3 Å². The first kappa shape index (κ1) is 14.6. The van der Waals surface area contributed by atoms with Crippen LogP contribution in [0.5, 0.6) is 0 Å². The van der Waals surface area contributed by atoms with Crippen LogP contribution in [0.15, 0.2) is 18.7 Å². The zero-order valence-corrected chi connectivity index (χ0v) is 12.3. The van der Waals surface area contributed by atoms with E-state index in [1.807, 2.05) is 32.9 Å². The van der Waals surface area contributed by atoms with Gasteiger partial charge in [-0.05, 0) is 43.0 Å². The Morgan fingerprint density at radius 3 is 2.65 bits per heavy atom. The molecule has 1 aliphatic rings. The Balaban J connectivity index is 2.25. The Morgan fingerprint density at radius 2 is 2.15 bits per heavy atom. The maximum Gasteiger partial charge on any atom is 0.407 e. The number of allylic oxidation sites excluding steroid dienone is 1. The van der Waals surface area contributed by atoms with E-state index < -0.39 is 6.09 Å². The van der Waals surface area contributed by atoms with E-state index in [-0.39, 0.29) is 6.10 Å². The highest BCUT2D eigenvalue weighted by Crippen LogP contribution is 2.25. The predicted molar refractivity (Wildman–Crippen MR) is 78.8 cm³/mol. The summed E-state index contributed by atoms with van der Waals surface area (Å²) in [6.07, 6.45) is -0.838. The Bertz CT molecular complexity index is 547. The smallest absolute Gasteiger partial charge is 0.407 e. The summed E-state index contributed by atoms with van der Waals surface area (Å²) in [5, 5.41) is 9.29. The van der Waals surface area contributed by atoms with Gasteiger partial charge in [0.15, 0.2) is 0 Å². The maximum absolute atomic E-state index is 11.3. The van der Waals surface area contributed by atoms with Crippen molar-refractivity contribution in [2.45, 2.75) is 33.4 Å². The molecule has 0 saturated carbocycles. The van der Waals surface area contributed by atoms with E-state index in [0.717, 1.165) is 22.3 Å². The van der Waals surface area contributed by atoms with Crippen LogP contribution in [0.1, 0.15) is 29.2 Å². The highest BCUT2D eigenvalue weighted by Gasteiger charge is 2.28. The van der Waals surface area contributed by atoms with Gasteiger partial charge >= 0.3 is 6.09 Å². The molecule has 2 rings (SSSR count).